The van der Waals surface area contributed by atoms with Crippen LogP contribution in [0.3, 0.4) is 0 Å². The lowest BCUT2D eigenvalue weighted by Crippen LogP contribution is -2.06. The van der Waals surface area contributed by atoms with Crippen LogP contribution in [-0.2, 0) is 0 Å². The number of methoxy groups -OCH3 is 1. The molecule has 4 heteroatoms. The summed E-state index contributed by atoms with van der Waals surface area (Å²) in [4.78, 5) is 0. The highest BCUT2D eigenvalue weighted by atomic mass is 19.2. The Kier molecular flexibility index (Phi) is 3.81. The lowest BCUT2D eigenvalue weighted by molar-refractivity contribution is 0.208. The van der Waals surface area contributed by atoms with E-state index >= 15 is 0 Å². The van der Waals surface area contributed by atoms with Gasteiger partial charge in [-0.25, -0.2) is 8.78 Å². The van der Waals surface area contributed by atoms with Crippen LogP contribution in [-0.4, -0.2) is 12.2 Å². The number of halogens is 2. The summed E-state index contributed by atoms with van der Waals surface area (Å²) in [5.41, 5.74) is 0.494. The zero-order valence-electron chi connectivity index (χ0n) is 10.7. The summed E-state index contributed by atoms with van der Waals surface area (Å²) in [5.74, 6) is -1.54. The van der Waals surface area contributed by atoms with E-state index in [9.17, 15) is 13.9 Å². The normalized spacial score (nSPS) is 12.3. The average Bonchev–Trinajstić information content (AvgIpc) is 2.44. The molecule has 0 aromatic heterocycles. The number of aryl methyl sites for hydroxylation is 1. The van der Waals surface area contributed by atoms with Crippen molar-refractivity contribution in [2.24, 2.45) is 0 Å². The second kappa shape index (κ2) is 5.36. The molecule has 19 heavy (non-hydrogen) atoms. The molecule has 0 heterocycles. The number of hydrogen-bond acceptors (Lipinski definition) is 2. The lowest BCUT2D eigenvalue weighted by Gasteiger charge is -2.16. The Hall–Kier alpha value is -1.94. The van der Waals surface area contributed by atoms with Gasteiger partial charge in [0.2, 0.25) is 0 Å². The summed E-state index contributed by atoms with van der Waals surface area (Å²) in [6.45, 7) is 1.47. The third-order valence-corrected chi connectivity index (χ3v) is 3.03. The first-order valence-corrected chi connectivity index (χ1v) is 5.81. The number of benzene rings is 2. The molecule has 2 rings (SSSR count). The molecule has 0 saturated heterocycles. The van der Waals surface area contributed by atoms with E-state index in [4.69, 9.17) is 4.74 Å². The van der Waals surface area contributed by atoms with Gasteiger partial charge in [-0.15, -0.1) is 0 Å². The van der Waals surface area contributed by atoms with E-state index in [-0.39, 0.29) is 11.1 Å². The van der Waals surface area contributed by atoms with Gasteiger partial charge in [0.1, 0.15) is 11.9 Å². The first kappa shape index (κ1) is 13.5. The predicted octanol–water partition coefficient (Wildman–Crippen LogP) is 3.36. The Labute approximate surface area is 110 Å². The maximum atomic E-state index is 13.9. The van der Waals surface area contributed by atoms with Crippen molar-refractivity contribution in [3.63, 3.8) is 0 Å². The van der Waals surface area contributed by atoms with Gasteiger partial charge in [-0.1, -0.05) is 30.3 Å². The fourth-order valence-corrected chi connectivity index (χ4v) is 1.93. The van der Waals surface area contributed by atoms with Crippen LogP contribution in [0, 0.1) is 18.6 Å². The summed E-state index contributed by atoms with van der Waals surface area (Å²) >= 11 is 0. The molecule has 1 atom stereocenters. The van der Waals surface area contributed by atoms with Gasteiger partial charge in [-0.3, -0.25) is 0 Å². The molecular weight excluding hydrogens is 250 g/mol. The van der Waals surface area contributed by atoms with Crippen LogP contribution >= 0.6 is 0 Å². The zero-order chi connectivity index (χ0) is 14.0. The number of hydrogen-bond donors (Lipinski definition) is 1. The molecule has 1 N–H and O–H groups in total. The van der Waals surface area contributed by atoms with E-state index in [0.717, 1.165) is 0 Å². The summed E-state index contributed by atoms with van der Waals surface area (Å²) in [7, 11) is 1.46. The Morgan fingerprint density at radius 3 is 2.37 bits per heavy atom. The van der Waals surface area contributed by atoms with Crippen molar-refractivity contribution in [2.45, 2.75) is 13.0 Å². The highest BCUT2D eigenvalue weighted by molar-refractivity contribution is 5.41. The van der Waals surface area contributed by atoms with Crippen LogP contribution in [0.1, 0.15) is 22.8 Å². The predicted molar refractivity (Wildman–Crippen MR) is 68.2 cm³/mol. The van der Waals surface area contributed by atoms with Crippen LogP contribution in [0.5, 0.6) is 5.75 Å². The summed E-state index contributed by atoms with van der Waals surface area (Å²) in [6, 6.07) is 9.52. The molecule has 0 spiro atoms. The van der Waals surface area contributed by atoms with Gasteiger partial charge in [-0.05, 0) is 18.6 Å². The van der Waals surface area contributed by atoms with E-state index in [2.05, 4.69) is 0 Å². The van der Waals surface area contributed by atoms with Crippen LogP contribution in [0.25, 0.3) is 0 Å². The lowest BCUT2D eigenvalue weighted by atomic mass is 9.99. The first-order valence-electron chi connectivity index (χ1n) is 5.81. The molecule has 0 radical (unpaired) electrons. The molecule has 1 unspecified atom stereocenters. The SMILES string of the molecule is COc1ccccc1C(O)c1ccc(C)c(F)c1F. The second-order valence-corrected chi connectivity index (χ2v) is 4.24. The van der Waals surface area contributed by atoms with Crippen molar-refractivity contribution < 1.29 is 18.6 Å². The first-order chi connectivity index (χ1) is 9.06. The molecule has 0 aliphatic heterocycles. The Morgan fingerprint density at radius 2 is 1.68 bits per heavy atom. The summed E-state index contributed by atoms with van der Waals surface area (Å²) in [6.07, 6.45) is -1.27. The number of aliphatic hydroxyl groups is 1. The maximum Gasteiger partial charge on any atom is 0.165 e. The zero-order valence-corrected chi connectivity index (χ0v) is 10.7. The minimum Gasteiger partial charge on any atom is -0.496 e. The molecule has 2 aromatic rings. The van der Waals surface area contributed by atoms with E-state index in [1.54, 1.807) is 24.3 Å². The molecule has 0 fully saturated rings. The Balaban J connectivity index is 2.50. The standard InChI is InChI=1S/C15H14F2O2/c1-9-7-8-11(14(17)13(9)16)15(18)10-5-3-4-6-12(10)19-2/h3-8,15,18H,1-2H3. The van der Waals surface area contributed by atoms with Gasteiger partial charge in [0.25, 0.3) is 0 Å². The van der Waals surface area contributed by atoms with Crippen molar-refractivity contribution in [2.75, 3.05) is 7.11 Å². The van der Waals surface area contributed by atoms with Gasteiger partial charge in [0, 0.05) is 11.1 Å². The topological polar surface area (TPSA) is 29.5 Å². The van der Waals surface area contributed by atoms with E-state index < -0.39 is 17.7 Å². The average molecular weight is 264 g/mol. The van der Waals surface area contributed by atoms with Crippen molar-refractivity contribution >= 4 is 0 Å². The molecule has 100 valence electrons. The summed E-state index contributed by atoms with van der Waals surface area (Å²) < 4.78 is 32.5. The van der Waals surface area contributed by atoms with Crippen molar-refractivity contribution in [3.05, 3.63) is 64.7 Å². The Morgan fingerprint density at radius 1 is 1.00 bits per heavy atom. The van der Waals surface area contributed by atoms with Crippen LogP contribution in [0.15, 0.2) is 36.4 Å². The number of ether oxygens (including phenoxy) is 1. The fraction of sp³-hybridized carbons (Fsp3) is 0.200. The van der Waals surface area contributed by atoms with Crippen LogP contribution in [0.2, 0.25) is 0 Å². The largest absolute Gasteiger partial charge is 0.496 e. The summed E-state index contributed by atoms with van der Waals surface area (Å²) in [5, 5.41) is 10.2. The smallest absolute Gasteiger partial charge is 0.165 e. The van der Waals surface area contributed by atoms with Gasteiger partial charge >= 0.3 is 0 Å². The maximum absolute atomic E-state index is 13.9. The Bertz CT molecular complexity index is 597. The van der Waals surface area contributed by atoms with Crippen molar-refractivity contribution in [1.82, 2.24) is 0 Å². The van der Waals surface area contributed by atoms with Gasteiger partial charge < -0.3 is 9.84 Å². The third kappa shape index (κ3) is 2.44. The van der Waals surface area contributed by atoms with Gasteiger partial charge in [0.05, 0.1) is 7.11 Å². The fourth-order valence-electron chi connectivity index (χ4n) is 1.93. The molecule has 0 aliphatic rings. The number of para-hydroxylation sites is 1. The van der Waals surface area contributed by atoms with Crippen LogP contribution < -0.4 is 4.74 Å². The molecule has 0 amide bonds. The minimum absolute atomic E-state index is 0.104. The molecule has 2 aromatic carbocycles. The van der Waals surface area contributed by atoms with E-state index in [0.29, 0.717) is 11.3 Å². The quantitative estimate of drug-likeness (QED) is 0.921. The highest BCUT2D eigenvalue weighted by Crippen LogP contribution is 2.32. The van der Waals surface area contributed by atoms with E-state index in [1.165, 1.54) is 26.2 Å². The highest BCUT2D eigenvalue weighted by Gasteiger charge is 2.21. The second-order valence-electron chi connectivity index (χ2n) is 4.24. The van der Waals surface area contributed by atoms with E-state index in [1.807, 2.05) is 0 Å². The molecule has 0 bridgehead atoms. The molecule has 2 nitrogen and oxygen atoms in total. The number of aliphatic hydroxyl groups excluding tert-OH is 1. The molecule has 0 saturated carbocycles. The minimum atomic E-state index is -1.27. The van der Waals surface area contributed by atoms with Crippen molar-refractivity contribution in [3.8, 4) is 5.75 Å². The number of rotatable bonds is 3. The van der Waals surface area contributed by atoms with Gasteiger partial charge in [0.15, 0.2) is 11.6 Å². The molecule has 0 aliphatic carbocycles. The van der Waals surface area contributed by atoms with Crippen molar-refractivity contribution in [1.29, 1.82) is 0 Å². The van der Waals surface area contributed by atoms with Gasteiger partial charge in [-0.2, -0.15) is 0 Å². The molecular formula is C15H14F2O2. The van der Waals surface area contributed by atoms with Crippen LogP contribution in [0.4, 0.5) is 8.78 Å². The monoisotopic (exact) mass is 264 g/mol. The third-order valence-electron chi connectivity index (χ3n) is 3.03.